The molecule has 1 aliphatic heterocycles. The van der Waals surface area contributed by atoms with E-state index in [9.17, 15) is 14.4 Å². The number of rotatable bonds is 13. The second-order valence-electron chi connectivity index (χ2n) is 10.2. The molecule has 0 bridgehead atoms. The smallest absolute Gasteiger partial charge is 0.328 e. The summed E-state index contributed by atoms with van der Waals surface area (Å²) in [6, 6.07) is 20.1. The molecular formula is C31H36N4O5. The zero-order valence-corrected chi connectivity index (χ0v) is 22.8. The number of carbonyl (C=O) groups is 3. The summed E-state index contributed by atoms with van der Waals surface area (Å²) >= 11 is 0. The molecule has 4 rings (SSSR count). The molecular weight excluding hydrogens is 508 g/mol. The molecule has 1 atom stereocenters. The number of imide groups is 1. The summed E-state index contributed by atoms with van der Waals surface area (Å²) in [5.41, 5.74) is 6.60. The van der Waals surface area contributed by atoms with Crippen LogP contribution in [0.5, 0.6) is 0 Å². The number of nitrogen functional groups attached to an aromatic ring is 1. The van der Waals surface area contributed by atoms with Crippen molar-refractivity contribution in [3.8, 4) is 0 Å². The molecule has 1 aliphatic rings. The van der Waals surface area contributed by atoms with Crippen molar-refractivity contribution in [3.63, 3.8) is 0 Å². The highest BCUT2D eigenvalue weighted by molar-refractivity contribution is 6.07. The Bertz CT molecular complexity index is 1390. The molecule has 3 amide bonds. The molecule has 0 aliphatic carbocycles. The minimum atomic E-state index is -1.18. The summed E-state index contributed by atoms with van der Waals surface area (Å²) in [5, 5.41) is 18.4. The SMILES string of the molecule is CC1(c2ccccc2)C(=O)N(Cc2ccc3ccc(C(=N)N)cc3c2)C(=O)N1CCCCC(=O)OCCCCO. The summed E-state index contributed by atoms with van der Waals surface area (Å²) < 4.78 is 5.19. The number of hydrogen-bond donors (Lipinski definition) is 3. The van der Waals surface area contributed by atoms with Gasteiger partial charge in [0.05, 0.1) is 13.2 Å². The molecule has 0 saturated carbocycles. The predicted octanol–water partition coefficient (Wildman–Crippen LogP) is 4.29. The normalized spacial score (nSPS) is 17.1. The first-order chi connectivity index (χ1) is 19.3. The molecule has 40 heavy (non-hydrogen) atoms. The summed E-state index contributed by atoms with van der Waals surface area (Å²) in [4.78, 5) is 42.5. The molecule has 4 N–H and O–H groups in total. The topological polar surface area (TPSA) is 137 Å². The van der Waals surface area contributed by atoms with Gasteiger partial charge in [-0.25, -0.2) is 4.79 Å². The van der Waals surface area contributed by atoms with Gasteiger partial charge in [0, 0.05) is 25.1 Å². The van der Waals surface area contributed by atoms with Crippen molar-refractivity contribution in [1.82, 2.24) is 9.80 Å². The quantitative estimate of drug-likeness (QED) is 0.0965. The molecule has 1 unspecified atom stereocenters. The van der Waals surface area contributed by atoms with Gasteiger partial charge in [-0.05, 0) is 66.6 Å². The number of amides is 3. The molecule has 9 heteroatoms. The van der Waals surface area contributed by atoms with Crippen molar-refractivity contribution in [2.45, 2.75) is 51.1 Å². The van der Waals surface area contributed by atoms with Crippen molar-refractivity contribution in [2.24, 2.45) is 5.73 Å². The number of hydrogen-bond acceptors (Lipinski definition) is 6. The van der Waals surface area contributed by atoms with Crippen molar-refractivity contribution in [3.05, 3.63) is 83.4 Å². The molecule has 0 aromatic heterocycles. The van der Waals surface area contributed by atoms with Crippen LogP contribution in [0.2, 0.25) is 0 Å². The predicted molar refractivity (Wildman–Crippen MR) is 153 cm³/mol. The number of unbranched alkanes of at least 4 members (excludes halogenated alkanes) is 2. The van der Waals surface area contributed by atoms with E-state index in [4.69, 9.17) is 21.0 Å². The lowest BCUT2D eigenvalue weighted by molar-refractivity contribution is -0.144. The zero-order valence-electron chi connectivity index (χ0n) is 22.8. The molecule has 210 valence electrons. The van der Waals surface area contributed by atoms with Gasteiger partial charge in [0.1, 0.15) is 11.4 Å². The maximum atomic E-state index is 13.9. The van der Waals surface area contributed by atoms with Crippen molar-refractivity contribution in [2.75, 3.05) is 19.8 Å². The van der Waals surface area contributed by atoms with Crippen LogP contribution in [0.3, 0.4) is 0 Å². The highest BCUT2D eigenvalue weighted by Crippen LogP contribution is 2.38. The number of fused-ring (bicyclic) bond motifs is 1. The van der Waals surface area contributed by atoms with Crippen LogP contribution in [0.4, 0.5) is 4.79 Å². The number of carbonyl (C=O) groups excluding carboxylic acids is 3. The van der Waals surface area contributed by atoms with E-state index in [1.54, 1.807) is 17.9 Å². The van der Waals surface area contributed by atoms with Gasteiger partial charge in [0.25, 0.3) is 5.91 Å². The lowest BCUT2D eigenvalue weighted by Gasteiger charge is -2.32. The van der Waals surface area contributed by atoms with E-state index >= 15 is 0 Å². The molecule has 9 nitrogen and oxygen atoms in total. The first kappa shape index (κ1) is 28.8. The van der Waals surface area contributed by atoms with Gasteiger partial charge in [-0.2, -0.15) is 0 Å². The Balaban J connectivity index is 1.50. The number of nitrogens with zero attached hydrogens (tertiary/aromatic N) is 2. The van der Waals surface area contributed by atoms with E-state index in [-0.39, 0.29) is 49.9 Å². The van der Waals surface area contributed by atoms with Crippen molar-refractivity contribution in [1.29, 1.82) is 5.41 Å². The summed E-state index contributed by atoms with van der Waals surface area (Å²) in [6.45, 7) is 2.54. The standard InChI is InChI=1S/C31H36N4O5/c1-31(26-9-3-2-4-10-26)29(38)34(21-22-12-13-23-14-15-24(28(32)33)20-25(23)19-22)30(39)35(31)16-6-5-11-27(37)40-18-8-7-17-36/h2-4,9-10,12-15,19-20,36H,5-8,11,16-18,21H2,1H3,(H3,32,33). The second kappa shape index (κ2) is 12.7. The van der Waals surface area contributed by atoms with Gasteiger partial charge in [-0.15, -0.1) is 0 Å². The molecule has 3 aromatic carbocycles. The minimum Gasteiger partial charge on any atom is -0.466 e. The Morgan fingerprint density at radius 1 is 0.975 bits per heavy atom. The maximum absolute atomic E-state index is 13.9. The van der Waals surface area contributed by atoms with Crippen LogP contribution in [0, 0.1) is 5.41 Å². The molecule has 1 saturated heterocycles. The number of aliphatic hydroxyl groups is 1. The van der Waals surface area contributed by atoms with Gasteiger partial charge in [0.15, 0.2) is 0 Å². The highest BCUT2D eigenvalue weighted by atomic mass is 16.5. The third kappa shape index (κ3) is 6.15. The minimum absolute atomic E-state index is 0.0265. The fraction of sp³-hybridized carbons (Fsp3) is 0.355. The van der Waals surface area contributed by atoms with E-state index in [0.717, 1.165) is 21.9 Å². The largest absolute Gasteiger partial charge is 0.466 e. The number of ether oxygens (including phenoxy) is 1. The number of esters is 1. The Morgan fingerprint density at radius 2 is 1.73 bits per heavy atom. The Hall–Kier alpha value is -4.24. The van der Waals surface area contributed by atoms with Gasteiger partial charge in [-0.1, -0.05) is 54.6 Å². The van der Waals surface area contributed by atoms with Crippen molar-refractivity contribution >= 4 is 34.5 Å². The number of aliphatic hydroxyl groups excluding tert-OH is 1. The first-order valence-electron chi connectivity index (χ1n) is 13.6. The number of nitrogens with two attached hydrogens (primary N) is 1. The van der Waals surface area contributed by atoms with E-state index in [1.807, 2.05) is 60.7 Å². The third-order valence-corrected chi connectivity index (χ3v) is 7.38. The molecule has 0 spiro atoms. The van der Waals surface area contributed by atoms with E-state index in [2.05, 4.69) is 0 Å². The van der Waals surface area contributed by atoms with Crippen molar-refractivity contribution < 1.29 is 24.2 Å². The number of benzene rings is 3. The summed E-state index contributed by atoms with van der Waals surface area (Å²) in [7, 11) is 0. The molecule has 0 radical (unpaired) electrons. The van der Waals surface area contributed by atoms with Gasteiger partial charge >= 0.3 is 12.0 Å². The fourth-order valence-corrected chi connectivity index (χ4v) is 5.06. The highest BCUT2D eigenvalue weighted by Gasteiger charge is 2.54. The lowest BCUT2D eigenvalue weighted by Crippen LogP contribution is -2.44. The van der Waals surface area contributed by atoms with Crippen LogP contribution < -0.4 is 5.73 Å². The molecule has 1 fully saturated rings. The first-order valence-corrected chi connectivity index (χ1v) is 13.6. The van der Waals surface area contributed by atoms with E-state index in [0.29, 0.717) is 37.8 Å². The zero-order chi connectivity index (χ0) is 28.7. The Morgan fingerprint density at radius 3 is 2.45 bits per heavy atom. The number of nitrogens with one attached hydrogen (secondary N) is 1. The average Bonchev–Trinajstić information content (AvgIpc) is 3.14. The van der Waals surface area contributed by atoms with Crippen LogP contribution in [0.25, 0.3) is 10.8 Å². The molecule has 3 aromatic rings. The number of urea groups is 1. The molecule has 1 heterocycles. The third-order valence-electron chi connectivity index (χ3n) is 7.38. The van der Waals surface area contributed by atoms with Gasteiger partial charge in [0.2, 0.25) is 0 Å². The fourth-order valence-electron chi connectivity index (χ4n) is 5.06. The average molecular weight is 545 g/mol. The number of amidine groups is 1. The summed E-state index contributed by atoms with van der Waals surface area (Å²) in [6.07, 6.45) is 2.48. The monoisotopic (exact) mass is 544 g/mol. The Kier molecular flexibility index (Phi) is 9.16. The van der Waals surface area contributed by atoms with Crippen LogP contribution in [-0.4, -0.2) is 58.4 Å². The van der Waals surface area contributed by atoms with Crippen LogP contribution in [0.1, 0.15) is 55.7 Å². The maximum Gasteiger partial charge on any atom is 0.328 e. The van der Waals surface area contributed by atoms with E-state index in [1.165, 1.54) is 4.90 Å². The van der Waals surface area contributed by atoms with Gasteiger partial charge < -0.3 is 20.5 Å². The van der Waals surface area contributed by atoms with Gasteiger partial charge in [-0.3, -0.25) is 19.9 Å². The summed E-state index contributed by atoms with van der Waals surface area (Å²) in [5.74, 6) is -0.635. The Labute approximate surface area is 234 Å². The van der Waals surface area contributed by atoms with E-state index < -0.39 is 5.54 Å². The van der Waals surface area contributed by atoms with Crippen LogP contribution in [-0.2, 0) is 26.4 Å². The van der Waals surface area contributed by atoms with Crippen LogP contribution >= 0.6 is 0 Å². The van der Waals surface area contributed by atoms with Crippen LogP contribution in [0.15, 0.2) is 66.7 Å². The lowest BCUT2D eigenvalue weighted by atomic mass is 9.90. The second-order valence-corrected chi connectivity index (χ2v) is 10.2.